The first kappa shape index (κ1) is 13.3. The SMILES string of the molecule is CC(O)c1ccc(N2CCC(C(C)O)CC2)nc1. The zero-order valence-electron chi connectivity index (χ0n) is 11.1. The molecule has 0 saturated carbocycles. The lowest BCUT2D eigenvalue weighted by Crippen LogP contribution is -2.37. The number of hydrogen-bond acceptors (Lipinski definition) is 4. The highest BCUT2D eigenvalue weighted by Gasteiger charge is 2.23. The highest BCUT2D eigenvalue weighted by atomic mass is 16.3. The Morgan fingerprint density at radius 2 is 1.89 bits per heavy atom. The largest absolute Gasteiger partial charge is 0.393 e. The quantitative estimate of drug-likeness (QED) is 0.858. The topological polar surface area (TPSA) is 56.6 Å². The van der Waals surface area contributed by atoms with Gasteiger partial charge in [-0.3, -0.25) is 0 Å². The molecule has 1 aliphatic heterocycles. The highest BCUT2D eigenvalue weighted by Crippen LogP contribution is 2.24. The summed E-state index contributed by atoms with van der Waals surface area (Å²) in [5.74, 6) is 1.38. The van der Waals surface area contributed by atoms with Gasteiger partial charge in [-0.05, 0) is 44.2 Å². The molecule has 1 aromatic rings. The summed E-state index contributed by atoms with van der Waals surface area (Å²) in [5, 5.41) is 19.0. The summed E-state index contributed by atoms with van der Waals surface area (Å²) in [4.78, 5) is 6.64. The Balaban J connectivity index is 1.97. The Morgan fingerprint density at radius 1 is 1.22 bits per heavy atom. The smallest absolute Gasteiger partial charge is 0.128 e. The van der Waals surface area contributed by atoms with E-state index in [0.717, 1.165) is 37.3 Å². The van der Waals surface area contributed by atoms with Gasteiger partial charge in [0.05, 0.1) is 12.2 Å². The van der Waals surface area contributed by atoms with Crippen LogP contribution in [0.2, 0.25) is 0 Å². The van der Waals surface area contributed by atoms with Gasteiger partial charge in [0, 0.05) is 19.3 Å². The fourth-order valence-corrected chi connectivity index (χ4v) is 2.44. The van der Waals surface area contributed by atoms with E-state index in [1.165, 1.54) is 0 Å². The number of pyridine rings is 1. The Morgan fingerprint density at radius 3 is 2.33 bits per heavy atom. The molecule has 4 nitrogen and oxygen atoms in total. The summed E-state index contributed by atoms with van der Waals surface area (Å²) in [6.07, 6.45) is 3.08. The van der Waals surface area contributed by atoms with Crippen LogP contribution in [0.4, 0.5) is 5.82 Å². The molecule has 0 radical (unpaired) electrons. The van der Waals surface area contributed by atoms with Crippen LogP contribution in [0.1, 0.15) is 38.4 Å². The van der Waals surface area contributed by atoms with Crippen molar-refractivity contribution in [2.24, 2.45) is 5.92 Å². The third kappa shape index (κ3) is 3.00. The molecule has 0 bridgehead atoms. The lowest BCUT2D eigenvalue weighted by Gasteiger charge is -2.34. The summed E-state index contributed by atoms with van der Waals surface area (Å²) in [5.41, 5.74) is 0.845. The molecule has 0 spiro atoms. The second kappa shape index (κ2) is 5.67. The van der Waals surface area contributed by atoms with Crippen molar-refractivity contribution in [3.63, 3.8) is 0 Å². The zero-order chi connectivity index (χ0) is 13.1. The summed E-state index contributed by atoms with van der Waals surface area (Å²) >= 11 is 0. The third-order valence-corrected chi connectivity index (χ3v) is 3.80. The molecule has 18 heavy (non-hydrogen) atoms. The van der Waals surface area contributed by atoms with Gasteiger partial charge in [-0.25, -0.2) is 4.98 Å². The van der Waals surface area contributed by atoms with Crippen molar-refractivity contribution in [3.05, 3.63) is 23.9 Å². The van der Waals surface area contributed by atoms with Crippen LogP contribution in [0, 0.1) is 5.92 Å². The van der Waals surface area contributed by atoms with Crippen molar-refractivity contribution >= 4 is 5.82 Å². The Labute approximate surface area is 108 Å². The van der Waals surface area contributed by atoms with Crippen molar-refractivity contribution in [2.45, 2.75) is 38.9 Å². The van der Waals surface area contributed by atoms with Gasteiger partial charge in [0.1, 0.15) is 5.82 Å². The van der Waals surface area contributed by atoms with E-state index in [1.54, 1.807) is 13.1 Å². The molecule has 0 aliphatic carbocycles. The van der Waals surface area contributed by atoms with Crippen LogP contribution < -0.4 is 4.90 Å². The van der Waals surface area contributed by atoms with Crippen LogP contribution in [0.25, 0.3) is 0 Å². The molecule has 0 aromatic carbocycles. The number of aliphatic hydroxyl groups is 2. The summed E-state index contributed by atoms with van der Waals surface area (Å²) in [6.45, 7) is 5.49. The minimum absolute atomic E-state index is 0.210. The first-order valence-electron chi connectivity index (χ1n) is 6.65. The first-order valence-corrected chi connectivity index (χ1v) is 6.65. The molecular weight excluding hydrogens is 228 g/mol. The van der Waals surface area contributed by atoms with Gasteiger partial charge in [-0.1, -0.05) is 6.07 Å². The Bertz CT molecular complexity index is 368. The molecule has 2 rings (SSSR count). The molecule has 0 amide bonds. The second-order valence-electron chi connectivity index (χ2n) is 5.19. The standard InChI is InChI=1S/C14H22N2O2/c1-10(17)12-5-7-16(8-6-12)14-4-3-13(9-15-14)11(2)18/h3-4,9-12,17-18H,5-8H2,1-2H3. The molecule has 100 valence electrons. The lowest BCUT2D eigenvalue weighted by atomic mass is 9.92. The monoisotopic (exact) mass is 250 g/mol. The van der Waals surface area contributed by atoms with Gasteiger partial charge in [-0.2, -0.15) is 0 Å². The molecule has 2 N–H and O–H groups in total. The van der Waals surface area contributed by atoms with E-state index in [4.69, 9.17) is 0 Å². The molecule has 4 heteroatoms. The molecule has 1 aromatic heterocycles. The zero-order valence-corrected chi connectivity index (χ0v) is 11.1. The lowest BCUT2D eigenvalue weighted by molar-refractivity contribution is 0.110. The van der Waals surface area contributed by atoms with Crippen molar-refractivity contribution in [3.8, 4) is 0 Å². The van der Waals surface area contributed by atoms with E-state index in [1.807, 2.05) is 19.1 Å². The van der Waals surface area contributed by atoms with Crippen molar-refractivity contribution < 1.29 is 10.2 Å². The molecule has 2 heterocycles. The molecule has 1 fully saturated rings. The summed E-state index contributed by atoms with van der Waals surface area (Å²) in [6, 6.07) is 3.89. The fourth-order valence-electron chi connectivity index (χ4n) is 2.44. The van der Waals surface area contributed by atoms with Gasteiger partial charge in [0.15, 0.2) is 0 Å². The van der Waals surface area contributed by atoms with Crippen molar-refractivity contribution in [2.75, 3.05) is 18.0 Å². The summed E-state index contributed by atoms with van der Waals surface area (Å²) in [7, 11) is 0. The van der Waals surface area contributed by atoms with Crippen LogP contribution in [0.5, 0.6) is 0 Å². The number of anilines is 1. The number of nitrogens with zero attached hydrogens (tertiary/aromatic N) is 2. The van der Waals surface area contributed by atoms with E-state index in [0.29, 0.717) is 5.92 Å². The van der Waals surface area contributed by atoms with Gasteiger partial charge < -0.3 is 15.1 Å². The second-order valence-corrected chi connectivity index (χ2v) is 5.19. The number of aliphatic hydroxyl groups excluding tert-OH is 2. The average Bonchev–Trinajstić information content (AvgIpc) is 2.39. The highest BCUT2D eigenvalue weighted by molar-refractivity contribution is 5.40. The Kier molecular flexibility index (Phi) is 4.19. The van der Waals surface area contributed by atoms with E-state index in [9.17, 15) is 10.2 Å². The van der Waals surface area contributed by atoms with E-state index in [-0.39, 0.29) is 6.10 Å². The fraction of sp³-hybridized carbons (Fsp3) is 0.643. The maximum atomic E-state index is 9.57. The molecular formula is C14H22N2O2. The molecule has 1 aliphatic rings. The van der Waals surface area contributed by atoms with E-state index >= 15 is 0 Å². The normalized spacial score (nSPS) is 20.8. The van der Waals surface area contributed by atoms with Gasteiger partial charge in [-0.15, -0.1) is 0 Å². The average molecular weight is 250 g/mol. The van der Waals surface area contributed by atoms with Gasteiger partial charge in [0.2, 0.25) is 0 Å². The minimum atomic E-state index is -0.465. The van der Waals surface area contributed by atoms with Crippen LogP contribution in [0.15, 0.2) is 18.3 Å². The molecule has 1 saturated heterocycles. The predicted octanol–water partition coefficient (Wildman–Crippen LogP) is 1.73. The number of aromatic nitrogens is 1. The van der Waals surface area contributed by atoms with Crippen LogP contribution in [0.3, 0.4) is 0 Å². The number of piperidine rings is 1. The number of hydrogen-bond donors (Lipinski definition) is 2. The predicted molar refractivity (Wildman–Crippen MR) is 71.5 cm³/mol. The minimum Gasteiger partial charge on any atom is -0.393 e. The van der Waals surface area contributed by atoms with Crippen LogP contribution in [-0.2, 0) is 0 Å². The Hall–Kier alpha value is -1.13. The number of rotatable bonds is 3. The maximum Gasteiger partial charge on any atom is 0.128 e. The van der Waals surface area contributed by atoms with Crippen LogP contribution in [-0.4, -0.2) is 34.4 Å². The van der Waals surface area contributed by atoms with Gasteiger partial charge in [0.25, 0.3) is 0 Å². The first-order chi connectivity index (χ1) is 8.58. The van der Waals surface area contributed by atoms with Crippen molar-refractivity contribution in [1.29, 1.82) is 0 Å². The molecule has 2 atom stereocenters. The molecule has 2 unspecified atom stereocenters. The summed E-state index contributed by atoms with van der Waals surface area (Å²) < 4.78 is 0. The maximum absolute atomic E-state index is 9.57. The van der Waals surface area contributed by atoms with E-state index < -0.39 is 6.10 Å². The van der Waals surface area contributed by atoms with Gasteiger partial charge >= 0.3 is 0 Å². The van der Waals surface area contributed by atoms with Crippen molar-refractivity contribution in [1.82, 2.24) is 4.98 Å². The van der Waals surface area contributed by atoms with Crippen LogP contribution >= 0.6 is 0 Å². The van der Waals surface area contributed by atoms with E-state index in [2.05, 4.69) is 9.88 Å². The third-order valence-electron chi connectivity index (χ3n) is 3.80.